The Bertz CT molecular complexity index is 40.7. The summed E-state index contributed by atoms with van der Waals surface area (Å²) in [6.07, 6.45) is 0.135. The van der Waals surface area contributed by atoms with Crippen molar-refractivity contribution in [2.24, 2.45) is 5.73 Å². The van der Waals surface area contributed by atoms with E-state index in [0.29, 0.717) is 0 Å². The minimum atomic E-state index is -0.621. The van der Waals surface area contributed by atoms with Crippen molar-refractivity contribution in [2.75, 3.05) is 13.3 Å². The molecule has 0 bridgehead atoms. The lowest BCUT2D eigenvalue weighted by Gasteiger charge is -1.99. The molecule has 3 heteroatoms. The van der Waals surface area contributed by atoms with Gasteiger partial charge in [-0.2, -0.15) is 0 Å². The van der Waals surface area contributed by atoms with Gasteiger partial charge in [0.05, 0.1) is 6.67 Å². The molecule has 0 aromatic carbocycles. The molecule has 0 heterocycles. The van der Waals surface area contributed by atoms with Crippen LogP contribution in [0.15, 0.2) is 0 Å². The van der Waals surface area contributed by atoms with Crippen LogP contribution in [0.2, 0.25) is 0 Å². The van der Waals surface area contributed by atoms with E-state index in [1.165, 1.54) is 0 Å². The highest BCUT2D eigenvalue weighted by atomic mass is 19.1. The van der Waals surface area contributed by atoms with E-state index in [2.05, 4.69) is 0 Å². The summed E-state index contributed by atoms with van der Waals surface area (Å²) in [7, 11) is 0. The van der Waals surface area contributed by atoms with Gasteiger partial charge in [-0.05, 0) is 6.42 Å². The smallest absolute Gasteiger partial charge is 0.105 e. The van der Waals surface area contributed by atoms with Crippen LogP contribution in [0.25, 0.3) is 0 Å². The molecule has 0 saturated carbocycles. The molecule has 0 aliphatic heterocycles. The van der Waals surface area contributed by atoms with Crippen molar-refractivity contribution in [1.82, 2.24) is 0 Å². The second kappa shape index (κ2) is 3.99. The van der Waals surface area contributed by atoms with Crippen molar-refractivity contribution in [1.29, 1.82) is 0 Å². The van der Waals surface area contributed by atoms with Crippen LogP contribution in [0.1, 0.15) is 6.42 Å². The SMILES string of the molecule is NC(CF)CCF. The molecule has 1 atom stereocenters. The van der Waals surface area contributed by atoms with Crippen LogP contribution in [0, 0.1) is 0 Å². The molecule has 0 aromatic heterocycles. The summed E-state index contributed by atoms with van der Waals surface area (Å²) < 4.78 is 22.5. The van der Waals surface area contributed by atoms with Crippen LogP contribution in [-0.2, 0) is 0 Å². The fraction of sp³-hybridized carbons (Fsp3) is 1.00. The molecule has 0 radical (unpaired) electrons. The second-order valence-electron chi connectivity index (χ2n) is 1.39. The van der Waals surface area contributed by atoms with Crippen molar-refractivity contribution < 1.29 is 8.78 Å². The highest BCUT2D eigenvalue weighted by Gasteiger charge is 1.97. The van der Waals surface area contributed by atoms with Gasteiger partial charge in [-0.25, -0.2) is 4.39 Å². The zero-order valence-electron chi connectivity index (χ0n) is 4.03. The molecule has 0 aromatic rings. The van der Waals surface area contributed by atoms with E-state index in [4.69, 9.17) is 5.73 Å². The van der Waals surface area contributed by atoms with E-state index in [1.807, 2.05) is 0 Å². The Morgan fingerprint density at radius 2 is 2.00 bits per heavy atom. The number of rotatable bonds is 3. The van der Waals surface area contributed by atoms with E-state index < -0.39 is 19.4 Å². The molecule has 0 amide bonds. The molecule has 2 N–H and O–H groups in total. The molecule has 0 aliphatic carbocycles. The van der Waals surface area contributed by atoms with Crippen LogP contribution >= 0.6 is 0 Å². The lowest BCUT2D eigenvalue weighted by atomic mass is 10.3. The average molecular weight is 109 g/mol. The summed E-state index contributed by atoms with van der Waals surface area (Å²) in [5.74, 6) is 0. The third-order valence-corrected chi connectivity index (χ3v) is 0.678. The number of alkyl halides is 2. The lowest BCUT2D eigenvalue weighted by Crippen LogP contribution is -2.22. The fourth-order valence-corrected chi connectivity index (χ4v) is 0.217. The fourth-order valence-electron chi connectivity index (χ4n) is 0.217. The predicted octanol–water partition coefficient (Wildman–Crippen LogP) is 0.643. The highest BCUT2D eigenvalue weighted by molar-refractivity contribution is 4.55. The molecule has 0 aliphatic rings. The minimum Gasteiger partial charge on any atom is -0.325 e. The van der Waals surface area contributed by atoms with Gasteiger partial charge in [0.2, 0.25) is 0 Å². The second-order valence-corrected chi connectivity index (χ2v) is 1.39. The molecule has 44 valence electrons. The third kappa shape index (κ3) is 3.66. The Labute approximate surface area is 41.5 Å². The summed E-state index contributed by atoms with van der Waals surface area (Å²) in [6.45, 7) is -1.14. The number of nitrogens with two attached hydrogens (primary N) is 1. The summed E-state index contributed by atoms with van der Waals surface area (Å²) in [4.78, 5) is 0. The molecule has 0 rings (SSSR count). The summed E-state index contributed by atoms with van der Waals surface area (Å²) >= 11 is 0. The normalized spacial score (nSPS) is 14.1. The Morgan fingerprint density at radius 3 is 2.14 bits per heavy atom. The van der Waals surface area contributed by atoms with Crippen LogP contribution in [0.3, 0.4) is 0 Å². The minimum absolute atomic E-state index is 0.135. The number of hydrogen-bond acceptors (Lipinski definition) is 1. The number of hydrogen-bond donors (Lipinski definition) is 1. The van der Waals surface area contributed by atoms with Gasteiger partial charge in [-0.3, -0.25) is 4.39 Å². The van der Waals surface area contributed by atoms with Crippen molar-refractivity contribution >= 4 is 0 Å². The van der Waals surface area contributed by atoms with Gasteiger partial charge in [0.25, 0.3) is 0 Å². The van der Waals surface area contributed by atoms with Gasteiger partial charge in [-0.1, -0.05) is 0 Å². The van der Waals surface area contributed by atoms with Crippen LogP contribution in [0.4, 0.5) is 8.78 Å². The molecule has 1 unspecified atom stereocenters. The van der Waals surface area contributed by atoms with E-state index in [1.54, 1.807) is 0 Å². The third-order valence-electron chi connectivity index (χ3n) is 0.678. The summed E-state index contributed by atoms with van der Waals surface area (Å²) in [5.41, 5.74) is 4.97. The van der Waals surface area contributed by atoms with E-state index in [-0.39, 0.29) is 6.42 Å². The quantitative estimate of drug-likeness (QED) is 0.565. The molecule has 1 nitrogen and oxygen atoms in total. The zero-order chi connectivity index (χ0) is 5.70. The maximum absolute atomic E-state index is 11.3. The molecule has 0 spiro atoms. The van der Waals surface area contributed by atoms with Crippen molar-refractivity contribution in [3.8, 4) is 0 Å². The predicted molar refractivity (Wildman–Crippen MR) is 24.5 cm³/mol. The van der Waals surface area contributed by atoms with Gasteiger partial charge >= 0.3 is 0 Å². The molecular formula is C4H9F2N. The summed E-state index contributed by atoms with van der Waals surface area (Å²) in [6, 6.07) is -0.593. The first-order chi connectivity index (χ1) is 3.31. The first-order valence-corrected chi connectivity index (χ1v) is 2.18. The Morgan fingerprint density at radius 1 is 1.43 bits per heavy atom. The lowest BCUT2D eigenvalue weighted by molar-refractivity contribution is 0.370. The van der Waals surface area contributed by atoms with Gasteiger partial charge in [0, 0.05) is 6.04 Å². The first kappa shape index (κ1) is 6.82. The van der Waals surface area contributed by atoms with Gasteiger partial charge in [0.1, 0.15) is 6.67 Å². The van der Waals surface area contributed by atoms with E-state index >= 15 is 0 Å². The maximum Gasteiger partial charge on any atom is 0.105 e. The van der Waals surface area contributed by atoms with Crippen LogP contribution in [0.5, 0.6) is 0 Å². The van der Waals surface area contributed by atoms with Gasteiger partial charge in [0.15, 0.2) is 0 Å². The molecular weight excluding hydrogens is 100 g/mol. The van der Waals surface area contributed by atoms with Crippen molar-refractivity contribution in [3.05, 3.63) is 0 Å². The Balaban J connectivity index is 2.83. The summed E-state index contributed by atoms with van der Waals surface area (Å²) in [5, 5.41) is 0. The largest absolute Gasteiger partial charge is 0.325 e. The van der Waals surface area contributed by atoms with Gasteiger partial charge < -0.3 is 5.73 Å². The van der Waals surface area contributed by atoms with Gasteiger partial charge in [-0.15, -0.1) is 0 Å². The standard InChI is InChI=1S/C4H9F2N/c5-2-1-4(7)3-6/h4H,1-3,7H2. The molecule has 7 heavy (non-hydrogen) atoms. The zero-order valence-corrected chi connectivity index (χ0v) is 4.03. The Hall–Kier alpha value is -0.180. The first-order valence-electron chi connectivity index (χ1n) is 2.18. The topological polar surface area (TPSA) is 26.0 Å². The maximum atomic E-state index is 11.3. The molecule has 0 fully saturated rings. The van der Waals surface area contributed by atoms with Crippen LogP contribution < -0.4 is 5.73 Å². The van der Waals surface area contributed by atoms with Crippen molar-refractivity contribution in [2.45, 2.75) is 12.5 Å². The number of halogens is 2. The highest BCUT2D eigenvalue weighted by Crippen LogP contribution is 1.87. The van der Waals surface area contributed by atoms with E-state index in [9.17, 15) is 8.78 Å². The van der Waals surface area contributed by atoms with Crippen LogP contribution in [-0.4, -0.2) is 19.4 Å². The van der Waals surface area contributed by atoms with Crippen molar-refractivity contribution in [3.63, 3.8) is 0 Å². The monoisotopic (exact) mass is 109 g/mol. The average Bonchev–Trinajstić information content (AvgIpc) is 1.68. The molecule has 0 saturated heterocycles. The van der Waals surface area contributed by atoms with E-state index in [0.717, 1.165) is 0 Å². The Kier molecular flexibility index (Phi) is 3.89.